The highest BCUT2D eigenvalue weighted by Crippen LogP contribution is 2.13. The van der Waals surface area contributed by atoms with Gasteiger partial charge in [0, 0.05) is 49.4 Å². The fourth-order valence-corrected chi connectivity index (χ4v) is 2.30. The molecule has 29 heavy (non-hydrogen) atoms. The van der Waals surface area contributed by atoms with Crippen molar-refractivity contribution < 1.29 is 24.4 Å². The number of alkyl carbamates (subject to hydrolysis) is 1. The maximum absolute atomic E-state index is 12.4. The Hall–Kier alpha value is -1.22. The van der Waals surface area contributed by atoms with Crippen molar-refractivity contribution in [1.29, 1.82) is 0 Å². The average molecular weight is 635 g/mol. The normalized spacial score (nSPS) is 12.7. The van der Waals surface area contributed by atoms with Gasteiger partial charge in [-0.25, -0.2) is 4.79 Å². The molecule has 0 spiro atoms. The maximum atomic E-state index is 12.4. The van der Waals surface area contributed by atoms with Gasteiger partial charge in [0.05, 0.1) is 17.6 Å². The SMILES string of the molecule is CC[C@H](NC(=O)OC(C)(C)C)C(=O)N[C@H](CO)Cc1ccc([N+](=O)[O-])cc1.II. The molecule has 1 rings (SSSR count). The lowest BCUT2D eigenvalue weighted by Crippen LogP contribution is -2.51. The molecule has 3 N–H and O–H groups in total. The van der Waals surface area contributed by atoms with Crippen LogP contribution in [0.2, 0.25) is 0 Å². The van der Waals surface area contributed by atoms with Gasteiger partial charge in [-0.05, 0) is 39.2 Å². The van der Waals surface area contributed by atoms with Crippen LogP contribution in [-0.2, 0) is 16.0 Å². The van der Waals surface area contributed by atoms with Gasteiger partial charge in [-0.2, -0.15) is 0 Å². The molecule has 0 radical (unpaired) electrons. The molecule has 0 saturated carbocycles. The number of amides is 2. The number of halogens is 2. The van der Waals surface area contributed by atoms with Gasteiger partial charge in [0.2, 0.25) is 5.91 Å². The predicted octanol–water partition coefficient (Wildman–Crippen LogP) is 3.69. The third kappa shape index (κ3) is 11.5. The molecule has 1 aromatic carbocycles. The van der Waals surface area contributed by atoms with E-state index in [1.807, 2.05) is 0 Å². The smallest absolute Gasteiger partial charge is 0.408 e. The minimum Gasteiger partial charge on any atom is -0.444 e. The van der Waals surface area contributed by atoms with Crippen LogP contribution in [0, 0.1) is 10.1 Å². The first-order chi connectivity index (χ1) is 13.6. The highest BCUT2D eigenvalue weighted by Gasteiger charge is 2.24. The molecular weight excluding hydrogens is 608 g/mol. The molecule has 2 atom stereocenters. The molecule has 11 heteroatoms. The van der Waals surface area contributed by atoms with Gasteiger partial charge < -0.3 is 20.5 Å². The summed E-state index contributed by atoms with van der Waals surface area (Å²) in [6, 6.07) is 4.49. The second kappa shape index (κ2) is 13.9. The first-order valence-corrected chi connectivity index (χ1v) is 15.1. The first kappa shape index (κ1) is 27.8. The molecule has 0 aliphatic rings. The number of carbonyl (C=O) groups excluding carboxylic acids is 2. The van der Waals surface area contributed by atoms with Gasteiger partial charge in [0.1, 0.15) is 11.6 Å². The van der Waals surface area contributed by atoms with Crippen molar-refractivity contribution in [3.63, 3.8) is 0 Å². The minimum absolute atomic E-state index is 0.0315. The molecule has 0 aliphatic carbocycles. The van der Waals surface area contributed by atoms with E-state index < -0.39 is 34.6 Å². The molecule has 0 aliphatic heterocycles. The summed E-state index contributed by atoms with van der Waals surface area (Å²) in [6.07, 6.45) is -0.0513. The number of benzene rings is 1. The van der Waals surface area contributed by atoms with Crippen molar-refractivity contribution >= 4 is 54.9 Å². The number of rotatable bonds is 8. The Balaban J connectivity index is 0.00000379. The lowest BCUT2D eigenvalue weighted by Gasteiger charge is -2.24. The average Bonchev–Trinajstić information content (AvgIpc) is 2.66. The molecule has 0 heterocycles. The third-order valence-electron chi connectivity index (χ3n) is 3.61. The fourth-order valence-electron chi connectivity index (χ4n) is 2.30. The number of aliphatic hydroxyl groups excluding tert-OH is 1. The van der Waals surface area contributed by atoms with Crippen molar-refractivity contribution in [3.05, 3.63) is 39.9 Å². The van der Waals surface area contributed by atoms with Gasteiger partial charge >= 0.3 is 6.09 Å². The molecule has 164 valence electrons. The van der Waals surface area contributed by atoms with Crippen LogP contribution >= 0.6 is 37.2 Å². The van der Waals surface area contributed by atoms with E-state index in [-0.39, 0.29) is 12.3 Å². The first-order valence-electron chi connectivity index (χ1n) is 8.84. The Morgan fingerprint density at radius 3 is 2.17 bits per heavy atom. The number of non-ortho nitro benzene ring substituents is 1. The standard InChI is InChI=1S/C18H27N3O6.I2/c1-5-15(20-17(24)27-18(2,3)4)16(23)19-13(11-22)10-12-6-8-14(9-7-12)21(25)26;1-2/h6-9,13,15,22H,5,10-11H2,1-4H3,(H,19,23)(H,20,24);/t13-,15-;/m0./s1. The van der Waals surface area contributed by atoms with E-state index in [9.17, 15) is 24.8 Å². The lowest BCUT2D eigenvalue weighted by atomic mass is 10.1. The number of aliphatic hydroxyl groups is 1. The Morgan fingerprint density at radius 1 is 1.21 bits per heavy atom. The quantitative estimate of drug-likeness (QED) is 0.227. The summed E-state index contributed by atoms with van der Waals surface area (Å²) in [7, 11) is 0. The van der Waals surface area contributed by atoms with Gasteiger partial charge in [-0.3, -0.25) is 14.9 Å². The molecule has 0 unspecified atom stereocenters. The number of nitro benzene ring substituents is 1. The van der Waals surface area contributed by atoms with Crippen LogP contribution in [0.1, 0.15) is 39.7 Å². The second-order valence-electron chi connectivity index (χ2n) is 7.12. The summed E-state index contributed by atoms with van der Waals surface area (Å²) < 4.78 is 5.14. The molecule has 9 nitrogen and oxygen atoms in total. The summed E-state index contributed by atoms with van der Waals surface area (Å²) in [5.41, 5.74) is 0.0200. The highest BCUT2D eigenvalue weighted by molar-refractivity contribution is 15.0. The Bertz CT molecular complexity index is 665. The van der Waals surface area contributed by atoms with Crippen molar-refractivity contribution in [3.8, 4) is 0 Å². The zero-order valence-electron chi connectivity index (χ0n) is 16.8. The zero-order valence-corrected chi connectivity index (χ0v) is 21.1. The lowest BCUT2D eigenvalue weighted by molar-refractivity contribution is -0.384. The van der Waals surface area contributed by atoms with Crippen molar-refractivity contribution in [2.45, 2.75) is 58.2 Å². The van der Waals surface area contributed by atoms with Crippen LogP contribution in [0.5, 0.6) is 0 Å². The third-order valence-corrected chi connectivity index (χ3v) is 3.61. The van der Waals surface area contributed by atoms with E-state index in [2.05, 4.69) is 47.9 Å². The number of hydrogen-bond acceptors (Lipinski definition) is 6. The molecule has 1 aromatic rings. The highest BCUT2D eigenvalue weighted by atomic mass is 128. The molecule has 0 aromatic heterocycles. The van der Waals surface area contributed by atoms with Crippen molar-refractivity contribution in [2.75, 3.05) is 6.61 Å². The summed E-state index contributed by atoms with van der Waals surface area (Å²) in [6.45, 7) is 6.59. The number of nitrogens with one attached hydrogen (secondary N) is 2. The second-order valence-corrected chi connectivity index (χ2v) is 7.12. The summed E-state index contributed by atoms with van der Waals surface area (Å²) in [5, 5.41) is 25.4. The molecule has 2 amide bonds. The van der Waals surface area contributed by atoms with Crippen molar-refractivity contribution in [2.24, 2.45) is 0 Å². The van der Waals surface area contributed by atoms with Gasteiger partial charge in [0.25, 0.3) is 5.69 Å². The van der Waals surface area contributed by atoms with Gasteiger partial charge in [-0.1, -0.05) is 19.1 Å². The summed E-state index contributed by atoms with van der Waals surface area (Å²) in [4.78, 5) is 34.4. The fraction of sp³-hybridized carbons (Fsp3) is 0.556. The molecule has 0 bridgehead atoms. The van der Waals surface area contributed by atoms with E-state index >= 15 is 0 Å². The van der Waals surface area contributed by atoms with E-state index in [0.717, 1.165) is 5.56 Å². The number of ether oxygens (including phenoxy) is 1. The molecule has 0 fully saturated rings. The summed E-state index contributed by atoms with van der Waals surface area (Å²) >= 11 is 4.24. The van der Waals surface area contributed by atoms with Crippen LogP contribution < -0.4 is 10.6 Å². The van der Waals surface area contributed by atoms with Crippen LogP contribution in [-0.4, -0.2) is 46.3 Å². The van der Waals surface area contributed by atoms with Crippen LogP contribution in [0.3, 0.4) is 0 Å². The minimum atomic E-state index is -0.800. The van der Waals surface area contributed by atoms with E-state index in [1.165, 1.54) is 12.1 Å². The Kier molecular flexibility index (Phi) is 13.3. The maximum Gasteiger partial charge on any atom is 0.408 e. The van der Waals surface area contributed by atoms with Gasteiger partial charge in [0.15, 0.2) is 0 Å². The van der Waals surface area contributed by atoms with E-state index in [0.29, 0.717) is 12.8 Å². The molecular formula is C18H27I2N3O6. The van der Waals surface area contributed by atoms with Crippen molar-refractivity contribution in [1.82, 2.24) is 10.6 Å². The Morgan fingerprint density at radius 2 is 1.76 bits per heavy atom. The summed E-state index contributed by atoms with van der Waals surface area (Å²) in [5.74, 6) is -0.440. The van der Waals surface area contributed by atoms with Crippen LogP contribution in [0.4, 0.5) is 10.5 Å². The predicted molar refractivity (Wildman–Crippen MR) is 127 cm³/mol. The molecule has 0 saturated heterocycles. The van der Waals surface area contributed by atoms with Crippen LogP contribution in [0.25, 0.3) is 0 Å². The number of carbonyl (C=O) groups is 2. The monoisotopic (exact) mass is 635 g/mol. The largest absolute Gasteiger partial charge is 0.444 e. The van der Waals surface area contributed by atoms with E-state index in [1.54, 1.807) is 39.8 Å². The number of hydrogen-bond donors (Lipinski definition) is 3. The van der Waals surface area contributed by atoms with Crippen LogP contribution in [0.15, 0.2) is 24.3 Å². The zero-order chi connectivity index (χ0) is 22.6. The van der Waals surface area contributed by atoms with Gasteiger partial charge in [-0.15, -0.1) is 0 Å². The van der Waals surface area contributed by atoms with E-state index in [4.69, 9.17) is 4.74 Å². The Labute approximate surface area is 193 Å². The topological polar surface area (TPSA) is 131 Å². The number of nitro groups is 1. The number of nitrogens with zero attached hydrogens (tertiary/aromatic N) is 1.